The Bertz CT molecular complexity index is 556. The van der Waals surface area contributed by atoms with E-state index in [0.29, 0.717) is 12.5 Å². The van der Waals surface area contributed by atoms with Gasteiger partial charge in [0, 0.05) is 30.5 Å². The lowest BCUT2D eigenvalue weighted by atomic mass is 10.1. The normalized spacial score (nSPS) is 18.1. The van der Waals surface area contributed by atoms with Crippen molar-refractivity contribution in [3.05, 3.63) is 42.7 Å². The molecule has 5 nitrogen and oxygen atoms in total. The molecule has 1 fully saturated rings. The molecular weight excluding hydrogens is 252 g/mol. The highest BCUT2D eigenvalue weighted by Crippen LogP contribution is 2.14. The van der Waals surface area contributed by atoms with Gasteiger partial charge in [-0.05, 0) is 49.7 Å². The van der Waals surface area contributed by atoms with Gasteiger partial charge in [0.25, 0.3) is 0 Å². The van der Waals surface area contributed by atoms with Crippen molar-refractivity contribution >= 4 is 11.6 Å². The van der Waals surface area contributed by atoms with E-state index < -0.39 is 0 Å². The number of anilines is 1. The number of hydrogen-bond donors (Lipinski definition) is 2. The molecule has 1 atom stereocenters. The van der Waals surface area contributed by atoms with Gasteiger partial charge in [-0.3, -0.25) is 4.79 Å². The molecule has 0 radical (unpaired) electrons. The zero-order valence-corrected chi connectivity index (χ0v) is 11.2. The number of amides is 1. The Morgan fingerprint density at radius 2 is 2.25 bits per heavy atom. The summed E-state index contributed by atoms with van der Waals surface area (Å²) in [5.41, 5.74) is 1.80. The number of aromatic nitrogens is 2. The van der Waals surface area contributed by atoms with Crippen LogP contribution in [0, 0.1) is 0 Å². The quantitative estimate of drug-likeness (QED) is 0.892. The summed E-state index contributed by atoms with van der Waals surface area (Å²) in [6, 6.07) is 9.89. The van der Waals surface area contributed by atoms with Gasteiger partial charge in [-0.1, -0.05) is 0 Å². The van der Waals surface area contributed by atoms with Gasteiger partial charge in [0.15, 0.2) is 0 Å². The van der Waals surface area contributed by atoms with Crippen LogP contribution in [0.25, 0.3) is 5.69 Å². The number of benzene rings is 1. The van der Waals surface area contributed by atoms with Gasteiger partial charge in [-0.15, -0.1) is 0 Å². The Kier molecular flexibility index (Phi) is 3.78. The highest BCUT2D eigenvalue weighted by atomic mass is 16.1. The molecule has 1 aliphatic rings. The minimum absolute atomic E-state index is 0.0660. The van der Waals surface area contributed by atoms with Crippen molar-refractivity contribution in [2.45, 2.75) is 25.3 Å². The van der Waals surface area contributed by atoms with Crippen LogP contribution < -0.4 is 10.6 Å². The molecule has 1 amide bonds. The van der Waals surface area contributed by atoms with Gasteiger partial charge < -0.3 is 10.6 Å². The van der Waals surface area contributed by atoms with E-state index in [1.54, 1.807) is 10.9 Å². The average molecular weight is 270 g/mol. The van der Waals surface area contributed by atoms with E-state index in [0.717, 1.165) is 30.8 Å². The summed E-state index contributed by atoms with van der Waals surface area (Å²) in [7, 11) is 0. The van der Waals surface area contributed by atoms with Crippen LogP contribution in [0.4, 0.5) is 5.69 Å². The molecule has 104 valence electrons. The monoisotopic (exact) mass is 270 g/mol. The predicted octanol–water partition coefficient (Wildman–Crippen LogP) is 1.95. The molecule has 20 heavy (non-hydrogen) atoms. The Hall–Kier alpha value is -2.14. The van der Waals surface area contributed by atoms with Gasteiger partial charge in [-0.2, -0.15) is 5.10 Å². The third kappa shape index (κ3) is 3.05. The van der Waals surface area contributed by atoms with Gasteiger partial charge in [0.1, 0.15) is 0 Å². The highest BCUT2D eigenvalue weighted by Gasteiger charge is 2.17. The maximum Gasteiger partial charge on any atom is 0.225 e. The molecule has 1 aromatic carbocycles. The van der Waals surface area contributed by atoms with Crippen LogP contribution in [-0.2, 0) is 4.79 Å². The molecule has 0 saturated carbocycles. The first kappa shape index (κ1) is 12.9. The van der Waals surface area contributed by atoms with E-state index >= 15 is 0 Å². The van der Waals surface area contributed by atoms with Crippen molar-refractivity contribution in [3.63, 3.8) is 0 Å². The second kappa shape index (κ2) is 5.88. The van der Waals surface area contributed by atoms with Crippen LogP contribution in [0.1, 0.15) is 19.3 Å². The van der Waals surface area contributed by atoms with Gasteiger partial charge in [0.2, 0.25) is 5.91 Å². The highest BCUT2D eigenvalue weighted by molar-refractivity contribution is 5.91. The number of nitrogens with one attached hydrogen (secondary N) is 2. The number of rotatable bonds is 4. The maximum atomic E-state index is 11.9. The molecular formula is C15H18N4O. The third-order valence-corrected chi connectivity index (χ3v) is 3.51. The van der Waals surface area contributed by atoms with E-state index in [1.807, 2.05) is 36.5 Å². The van der Waals surface area contributed by atoms with Crippen molar-refractivity contribution < 1.29 is 4.79 Å². The SMILES string of the molecule is O=C(CC1CCCN1)Nc1ccc(-n2cccn2)cc1. The van der Waals surface area contributed by atoms with Crippen molar-refractivity contribution in [2.75, 3.05) is 11.9 Å². The second-order valence-corrected chi connectivity index (χ2v) is 5.04. The van der Waals surface area contributed by atoms with Gasteiger partial charge in [-0.25, -0.2) is 4.68 Å². The lowest BCUT2D eigenvalue weighted by molar-refractivity contribution is -0.116. The summed E-state index contributed by atoms with van der Waals surface area (Å²) in [5, 5.41) is 10.4. The van der Waals surface area contributed by atoms with Crippen LogP contribution in [0.15, 0.2) is 42.7 Å². The average Bonchev–Trinajstić information content (AvgIpc) is 3.12. The van der Waals surface area contributed by atoms with Gasteiger partial charge in [0.05, 0.1) is 5.69 Å². The topological polar surface area (TPSA) is 59.0 Å². The fourth-order valence-electron chi connectivity index (χ4n) is 2.49. The Morgan fingerprint density at radius 1 is 1.40 bits per heavy atom. The number of carbonyl (C=O) groups excluding carboxylic acids is 1. The molecule has 1 unspecified atom stereocenters. The summed E-state index contributed by atoms with van der Waals surface area (Å²) in [5.74, 6) is 0.0660. The van der Waals surface area contributed by atoms with Crippen LogP contribution in [-0.4, -0.2) is 28.3 Å². The van der Waals surface area contributed by atoms with Gasteiger partial charge >= 0.3 is 0 Å². The van der Waals surface area contributed by atoms with Crippen LogP contribution in [0.3, 0.4) is 0 Å². The first-order valence-electron chi connectivity index (χ1n) is 6.94. The predicted molar refractivity (Wildman–Crippen MR) is 77.8 cm³/mol. The largest absolute Gasteiger partial charge is 0.326 e. The molecule has 1 aromatic heterocycles. The lowest BCUT2D eigenvalue weighted by Crippen LogP contribution is -2.27. The first-order valence-corrected chi connectivity index (χ1v) is 6.94. The molecule has 2 aromatic rings. The Labute approximate surface area is 118 Å². The van der Waals surface area contributed by atoms with E-state index in [-0.39, 0.29) is 5.91 Å². The minimum Gasteiger partial charge on any atom is -0.326 e. The number of nitrogens with zero attached hydrogens (tertiary/aromatic N) is 2. The lowest BCUT2D eigenvalue weighted by Gasteiger charge is -2.10. The zero-order chi connectivity index (χ0) is 13.8. The molecule has 2 N–H and O–H groups in total. The van der Waals surface area contributed by atoms with Crippen LogP contribution in [0.2, 0.25) is 0 Å². The molecule has 0 bridgehead atoms. The van der Waals surface area contributed by atoms with E-state index in [2.05, 4.69) is 15.7 Å². The summed E-state index contributed by atoms with van der Waals surface area (Å²) in [6.45, 7) is 1.02. The smallest absolute Gasteiger partial charge is 0.225 e. The van der Waals surface area contributed by atoms with E-state index in [1.165, 1.54) is 0 Å². The fourth-order valence-corrected chi connectivity index (χ4v) is 2.49. The van der Waals surface area contributed by atoms with E-state index in [9.17, 15) is 4.79 Å². The van der Waals surface area contributed by atoms with E-state index in [4.69, 9.17) is 0 Å². The van der Waals surface area contributed by atoms with Crippen molar-refractivity contribution in [2.24, 2.45) is 0 Å². The summed E-state index contributed by atoms with van der Waals surface area (Å²) >= 11 is 0. The van der Waals surface area contributed by atoms with Crippen molar-refractivity contribution in [3.8, 4) is 5.69 Å². The standard InChI is InChI=1S/C15H18N4O/c20-15(11-13-3-1-8-16-13)18-12-4-6-14(7-5-12)19-10-2-9-17-19/h2,4-7,9-10,13,16H,1,3,8,11H2,(H,18,20). The zero-order valence-electron chi connectivity index (χ0n) is 11.2. The summed E-state index contributed by atoms with van der Waals surface area (Å²) in [4.78, 5) is 11.9. The molecule has 3 rings (SSSR count). The van der Waals surface area contributed by atoms with Crippen LogP contribution >= 0.6 is 0 Å². The van der Waals surface area contributed by atoms with Crippen LogP contribution in [0.5, 0.6) is 0 Å². The molecule has 1 saturated heterocycles. The molecule has 0 spiro atoms. The summed E-state index contributed by atoms with van der Waals surface area (Å²) < 4.78 is 1.79. The molecule has 2 heterocycles. The number of hydrogen-bond acceptors (Lipinski definition) is 3. The fraction of sp³-hybridized carbons (Fsp3) is 0.333. The summed E-state index contributed by atoms with van der Waals surface area (Å²) in [6.07, 6.45) is 6.42. The maximum absolute atomic E-state index is 11.9. The minimum atomic E-state index is 0.0660. The molecule has 5 heteroatoms. The van der Waals surface area contributed by atoms with Crippen molar-refractivity contribution in [1.29, 1.82) is 0 Å². The Morgan fingerprint density at radius 3 is 2.90 bits per heavy atom. The molecule has 1 aliphatic heterocycles. The van der Waals surface area contributed by atoms with Crippen molar-refractivity contribution in [1.82, 2.24) is 15.1 Å². The Balaban J connectivity index is 1.59. The molecule has 0 aliphatic carbocycles. The second-order valence-electron chi connectivity index (χ2n) is 5.04. The first-order chi connectivity index (χ1) is 9.81. The third-order valence-electron chi connectivity index (χ3n) is 3.51. The number of carbonyl (C=O) groups is 1.